The van der Waals surface area contributed by atoms with Gasteiger partial charge in [-0.1, -0.05) is 24.6 Å². The third-order valence-electron chi connectivity index (χ3n) is 3.75. The van der Waals surface area contributed by atoms with Crippen LogP contribution in [0.25, 0.3) is 5.69 Å². The number of nitrogens with one attached hydrogen (secondary N) is 1. The molecule has 4 nitrogen and oxygen atoms in total. The van der Waals surface area contributed by atoms with Gasteiger partial charge in [-0.2, -0.15) is 0 Å². The molecular formula is C16H19N3O. The van der Waals surface area contributed by atoms with Gasteiger partial charge >= 0.3 is 0 Å². The maximum absolute atomic E-state index is 12.7. The van der Waals surface area contributed by atoms with Gasteiger partial charge in [0, 0.05) is 18.0 Å². The number of nitrogens with zero attached hydrogens (tertiary/aromatic N) is 2. The Kier molecular flexibility index (Phi) is 3.54. The number of hydrogen-bond acceptors (Lipinski definition) is 2. The molecule has 0 saturated heterocycles. The number of rotatable bonds is 2. The molecule has 0 atom stereocenters. The molecule has 0 fully saturated rings. The SMILES string of the molecule is Cc1[nH]n(-c2ccccc2)c(=O)c1C1=NCCCCC1. The van der Waals surface area contributed by atoms with Gasteiger partial charge in [0.15, 0.2) is 0 Å². The maximum atomic E-state index is 12.7. The second-order valence-corrected chi connectivity index (χ2v) is 5.23. The summed E-state index contributed by atoms with van der Waals surface area (Å²) in [6.45, 7) is 2.79. The number of aryl methyl sites for hydroxylation is 1. The molecule has 2 heterocycles. The Morgan fingerprint density at radius 3 is 2.75 bits per heavy atom. The number of para-hydroxylation sites is 1. The largest absolute Gasteiger partial charge is 0.295 e. The summed E-state index contributed by atoms with van der Waals surface area (Å²) in [6.07, 6.45) is 4.35. The van der Waals surface area contributed by atoms with Crippen molar-refractivity contribution >= 4 is 5.71 Å². The Bertz CT molecular complexity index is 679. The van der Waals surface area contributed by atoms with E-state index in [1.54, 1.807) is 4.68 Å². The Morgan fingerprint density at radius 2 is 1.95 bits per heavy atom. The summed E-state index contributed by atoms with van der Waals surface area (Å²) in [5.74, 6) is 0. The van der Waals surface area contributed by atoms with Gasteiger partial charge in [-0.3, -0.25) is 14.9 Å². The Balaban J connectivity index is 2.08. The highest BCUT2D eigenvalue weighted by molar-refractivity contribution is 6.01. The fourth-order valence-electron chi connectivity index (χ4n) is 2.72. The van der Waals surface area contributed by atoms with E-state index in [4.69, 9.17) is 0 Å². The first-order valence-corrected chi connectivity index (χ1v) is 7.18. The minimum atomic E-state index is 0.00866. The summed E-state index contributed by atoms with van der Waals surface area (Å²) in [6, 6.07) is 9.66. The number of aromatic nitrogens is 2. The van der Waals surface area contributed by atoms with Crippen LogP contribution >= 0.6 is 0 Å². The van der Waals surface area contributed by atoms with Crippen LogP contribution in [0.4, 0.5) is 0 Å². The summed E-state index contributed by atoms with van der Waals surface area (Å²) in [7, 11) is 0. The highest BCUT2D eigenvalue weighted by Gasteiger charge is 2.18. The van der Waals surface area contributed by atoms with E-state index in [0.29, 0.717) is 0 Å². The molecule has 0 spiro atoms. The summed E-state index contributed by atoms with van der Waals surface area (Å²) < 4.78 is 1.61. The van der Waals surface area contributed by atoms with Gasteiger partial charge in [0.05, 0.1) is 11.3 Å². The molecule has 0 unspecified atom stereocenters. The fraction of sp³-hybridized carbons (Fsp3) is 0.375. The van der Waals surface area contributed by atoms with Crippen molar-refractivity contribution in [3.63, 3.8) is 0 Å². The average molecular weight is 269 g/mol. The monoisotopic (exact) mass is 269 g/mol. The molecule has 1 aromatic heterocycles. The number of H-pyrrole nitrogens is 1. The van der Waals surface area contributed by atoms with Crippen LogP contribution in [0.5, 0.6) is 0 Å². The van der Waals surface area contributed by atoms with E-state index in [0.717, 1.165) is 48.5 Å². The molecule has 3 rings (SSSR count). The van der Waals surface area contributed by atoms with Crippen LogP contribution < -0.4 is 5.56 Å². The van der Waals surface area contributed by atoms with Gasteiger partial charge < -0.3 is 0 Å². The molecule has 104 valence electrons. The lowest BCUT2D eigenvalue weighted by Crippen LogP contribution is -2.20. The third kappa shape index (κ3) is 2.33. The normalized spacial score (nSPS) is 15.8. The van der Waals surface area contributed by atoms with Crippen molar-refractivity contribution in [3.05, 3.63) is 51.9 Å². The second kappa shape index (κ2) is 5.49. The zero-order valence-electron chi connectivity index (χ0n) is 11.7. The van der Waals surface area contributed by atoms with Crippen molar-refractivity contribution in [1.82, 2.24) is 9.78 Å². The standard InChI is InChI=1S/C16H19N3O/c1-12-15(14-10-6-3-7-11-17-14)16(20)19(18-12)13-8-4-2-5-9-13/h2,4-5,8-9,18H,3,6-7,10-11H2,1H3. The zero-order valence-corrected chi connectivity index (χ0v) is 11.7. The molecule has 0 aliphatic carbocycles. The van der Waals surface area contributed by atoms with Crippen molar-refractivity contribution in [2.45, 2.75) is 32.6 Å². The van der Waals surface area contributed by atoms with Gasteiger partial charge in [0.1, 0.15) is 0 Å². The maximum Gasteiger partial charge on any atom is 0.280 e. The van der Waals surface area contributed by atoms with Crippen LogP contribution in [-0.4, -0.2) is 22.0 Å². The molecule has 2 aromatic rings. The first-order valence-electron chi connectivity index (χ1n) is 7.18. The lowest BCUT2D eigenvalue weighted by atomic mass is 10.1. The molecule has 0 amide bonds. The first kappa shape index (κ1) is 12.9. The van der Waals surface area contributed by atoms with Crippen LogP contribution in [0.15, 0.2) is 40.1 Å². The molecule has 0 radical (unpaired) electrons. The second-order valence-electron chi connectivity index (χ2n) is 5.23. The van der Waals surface area contributed by atoms with Crippen molar-refractivity contribution < 1.29 is 0 Å². The van der Waals surface area contributed by atoms with Crippen molar-refractivity contribution in [2.75, 3.05) is 6.54 Å². The van der Waals surface area contributed by atoms with E-state index in [9.17, 15) is 4.79 Å². The molecule has 20 heavy (non-hydrogen) atoms. The summed E-state index contributed by atoms with van der Waals surface area (Å²) >= 11 is 0. The lowest BCUT2D eigenvalue weighted by Gasteiger charge is -2.01. The molecule has 0 saturated carbocycles. The van der Waals surface area contributed by atoms with Crippen LogP contribution in [0.1, 0.15) is 36.9 Å². The van der Waals surface area contributed by atoms with E-state index < -0.39 is 0 Å². The van der Waals surface area contributed by atoms with Gasteiger partial charge in [-0.05, 0) is 38.3 Å². The highest BCUT2D eigenvalue weighted by atomic mass is 16.1. The minimum Gasteiger partial charge on any atom is -0.295 e. The van der Waals surface area contributed by atoms with Crippen LogP contribution in [0, 0.1) is 6.92 Å². The minimum absolute atomic E-state index is 0.00866. The van der Waals surface area contributed by atoms with E-state index in [1.807, 2.05) is 37.3 Å². The number of benzene rings is 1. The quantitative estimate of drug-likeness (QED) is 0.895. The number of hydrogen-bond donors (Lipinski definition) is 1. The fourth-order valence-corrected chi connectivity index (χ4v) is 2.72. The lowest BCUT2D eigenvalue weighted by molar-refractivity contribution is 0.731. The highest BCUT2D eigenvalue weighted by Crippen LogP contribution is 2.14. The zero-order chi connectivity index (χ0) is 13.9. The summed E-state index contributed by atoms with van der Waals surface area (Å²) in [4.78, 5) is 17.3. The van der Waals surface area contributed by atoms with Crippen LogP contribution in [0.3, 0.4) is 0 Å². The van der Waals surface area contributed by atoms with Gasteiger partial charge in [-0.25, -0.2) is 4.68 Å². The van der Waals surface area contributed by atoms with E-state index in [2.05, 4.69) is 10.1 Å². The molecular weight excluding hydrogens is 250 g/mol. The Hall–Kier alpha value is -2.10. The van der Waals surface area contributed by atoms with E-state index in [-0.39, 0.29) is 5.56 Å². The van der Waals surface area contributed by atoms with Crippen LogP contribution in [0.2, 0.25) is 0 Å². The topological polar surface area (TPSA) is 50.1 Å². The average Bonchev–Trinajstić information content (AvgIpc) is 2.67. The predicted molar refractivity (Wildman–Crippen MR) is 81.0 cm³/mol. The molecule has 1 aromatic carbocycles. The molecule has 0 bridgehead atoms. The third-order valence-corrected chi connectivity index (χ3v) is 3.75. The van der Waals surface area contributed by atoms with Crippen molar-refractivity contribution in [3.8, 4) is 5.69 Å². The number of aliphatic imine (C=N–C) groups is 1. The molecule has 4 heteroatoms. The predicted octanol–water partition coefficient (Wildman–Crippen LogP) is 2.84. The Labute approximate surface area is 118 Å². The summed E-state index contributed by atoms with van der Waals surface area (Å²) in [5, 5.41) is 3.17. The molecule has 1 aliphatic heterocycles. The first-order chi connectivity index (χ1) is 9.77. The van der Waals surface area contributed by atoms with Crippen molar-refractivity contribution in [2.24, 2.45) is 4.99 Å². The van der Waals surface area contributed by atoms with Gasteiger partial charge in [-0.15, -0.1) is 0 Å². The van der Waals surface area contributed by atoms with E-state index >= 15 is 0 Å². The van der Waals surface area contributed by atoms with Crippen LogP contribution in [-0.2, 0) is 0 Å². The van der Waals surface area contributed by atoms with E-state index in [1.165, 1.54) is 6.42 Å². The van der Waals surface area contributed by atoms with Gasteiger partial charge in [0.25, 0.3) is 5.56 Å². The van der Waals surface area contributed by atoms with Gasteiger partial charge in [0.2, 0.25) is 0 Å². The Morgan fingerprint density at radius 1 is 1.15 bits per heavy atom. The van der Waals surface area contributed by atoms with Crippen molar-refractivity contribution in [1.29, 1.82) is 0 Å². The smallest absolute Gasteiger partial charge is 0.280 e. The molecule has 1 aliphatic rings. The summed E-state index contributed by atoms with van der Waals surface area (Å²) in [5.41, 5.74) is 3.50. The number of aromatic amines is 1. The molecule has 1 N–H and O–H groups in total.